The van der Waals surface area contributed by atoms with Crippen molar-refractivity contribution in [3.63, 3.8) is 0 Å². The van der Waals surface area contributed by atoms with Crippen molar-refractivity contribution in [3.8, 4) is 28.5 Å². The molecule has 0 radical (unpaired) electrons. The monoisotopic (exact) mass is 568 g/mol. The van der Waals surface area contributed by atoms with Gasteiger partial charge in [0.15, 0.2) is 5.78 Å². The smallest absolute Gasteiger partial charge is 0.549 e. The van der Waals surface area contributed by atoms with E-state index in [4.69, 9.17) is 21.1 Å². The van der Waals surface area contributed by atoms with Gasteiger partial charge in [0.05, 0.1) is 29.4 Å². The molecule has 39 heavy (non-hydrogen) atoms. The van der Waals surface area contributed by atoms with Crippen LogP contribution in [0.15, 0.2) is 77.7 Å². The van der Waals surface area contributed by atoms with Crippen molar-refractivity contribution in [1.29, 1.82) is 0 Å². The first-order chi connectivity index (χ1) is 18.4. The Morgan fingerprint density at radius 2 is 1.79 bits per heavy atom. The Morgan fingerprint density at radius 1 is 1.05 bits per heavy atom. The molecule has 0 spiro atoms. The maximum atomic E-state index is 12.8. The van der Waals surface area contributed by atoms with Gasteiger partial charge in [-0.3, -0.25) is 4.79 Å². The summed E-state index contributed by atoms with van der Waals surface area (Å²) in [6.07, 6.45) is 2.47. The van der Waals surface area contributed by atoms with Crippen LogP contribution in [0.2, 0.25) is 5.02 Å². The molecule has 0 amide bonds. The Labute approximate surface area is 257 Å². The van der Waals surface area contributed by atoms with E-state index in [0.29, 0.717) is 40.5 Å². The van der Waals surface area contributed by atoms with Crippen LogP contribution in [0.3, 0.4) is 0 Å². The first kappa shape index (κ1) is 29.1. The molecule has 4 aromatic rings. The quantitative estimate of drug-likeness (QED) is 0.181. The van der Waals surface area contributed by atoms with Crippen LogP contribution >= 0.6 is 23.4 Å². The van der Waals surface area contributed by atoms with Gasteiger partial charge < -0.3 is 19.4 Å². The Bertz CT molecular complexity index is 1480. The van der Waals surface area contributed by atoms with Crippen LogP contribution in [0.5, 0.6) is 17.2 Å². The van der Waals surface area contributed by atoms with E-state index < -0.39 is 11.9 Å². The summed E-state index contributed by atoms with van der Waals surface area (Å²) in [5, 5.41) is 20.2. The molecule has 0 bridgehead atoms. The number of aromatic nitrogens is 2. The third-order valence-corrected chi connectivity index (χ3v) is 7.28. The topological polar surface area (TPSA) is 101 Å². The second kappa shape index (κ2) is 13.0. The Kier molecular flexibility index (Phi) is 9.69. The van der Waals surface area contributed by atoms with Crippen molar-refractivity contribution in [1.82, 2.24) is 10.2 Å². The number of nitrogens with zero attached hydrogens (tertiary/aromatic N) is 2. The van der Waals surface area contributed by atoms with E-state index in [1.165, 1.54) is 11.0 Å². The van der Waals surface area contributed by atoms with Crippen LogP contribution in [0.25, 0.3) is 11.3 Å². The molecular weight excluding hydrogens is 547 g/mol. The number of aliphatic carboxylic acids is 1. The van der Waals surface area contributed by atoms with Gasteiger partial charge in [-0.15, -0.1) is 11.8 Å². The fourth-order valence-electron chi connectivity index (χ4n) is 4.19. The summed E-state index contributed by atoms with van der Waals surface area (Å²) in [5.74, 6) is -0.850. The summed E-state index contributed by atoms with van der Waals surface area (Å²) in [6, 6.07) is 21.5. The van der Waals surface area contributed by atoms with Gasteiger partial charge in [0, 0.05) is 39.5 Å². The molecule has 0 aliphatic carbocycles. The SMILES string of the molecule is CSc1ccc(-c2ccc(CC(=O)c3ccc(Oc4cc5c(cc4Cl)C(C(=O)[O-])CCO5)cc3)nn2)cc1.[Na+]. The number of hydrogen-bond acceptors (Lipinski definition) is 8. The van der Waals surface area contributed by atoms with Gasteiger partial charge in [0.2, 0.25) is 0 Å². The number of rotatable bonds is 8. The van der Waals surface area contributed by atoms with Gasteiger partial charge in [0.1, 0.15) is 17.2 Å². The summed E-state index contributed by atoms with van der Waals surface area (Å²) in [4.78, 5) is 25.4. The first-order valence-corrected chi connectivity index (χ1v) is 13.5. The number of thioether (sulfide) groups is 1. The molecule has 0 saturated heterocycles. The van der Waals surface area contributed by atoms with Crippen LogP contribution in [-0.4, -0.2) is 34.8 Å². The van der Waals surface area contributed by atoms with Gasteiger partial charge in [0.25, 0.3) is 0 Å². The molecule has 1 atom stereocenters. The predicted molar refractivity (Wildman–Crippen MR) is 143 cm³/mol. The molecule has 1 aromatic heterocycles. The summed E-state index contributed by atoms with van der Waals surface area (Å²) in [5.41, 5.74) is 3.27. The van der Waals surface area contributed by atoms with Crippen molar-refractivity contribution >= 4 is 35.1 Å². The van der Waals surface area contributed by atoms with E-state index in [0.717, 1.165) is 11.3 Å². The van der Waals surface area contributed by atoms with E-state index in [1.54, 1.807) is 42.1 Å². The number of Topliss-reactive ketones (excluding diaryl/α,β-unsaturated/α-hetero) is 1. The number of hydrogen-bond donors (Lipinski definition) is 0. The van der Waals surface area contributed by atoms with Crippen LogP contribution in [-0.2, 0) is 11.2 Å². The molecule has 2 heterocycles. The van der Waals surface area contributed by atoms with E-state index in [9.17, 15) is 14.7 Å². The number of ketones is 1. The van der Waals surface area contributed by atoms with Gasteiger partial charge >= 0.3 is 29.6 Å². The molecule has 0 N–H and O–H groups in total. The van der Waals surface area contributed by atoms with E-state index in [2.05, 4.69) is 10.2 Å². The summed E-state index contributed by atoms with van der Waals surface area (Å²) in [7, 11) is 0. The minimum Gasteiger partial charge on any atom is -0.549 e. The number of fused-ring (bicyclic) bond motifs is 1. The third-order valence-electron chi connectivity index (χ3n) is 6.24. The number of halogens is 1. The van der Waals surface area contributed by atoms with E-state index in [1.807, 2.05) is 42.7 Å². The molecule has 3 aromatic carbocycles. The van der Waals surface area contributed by atoms with Crippen molar-refractivity contribution < 1.29 is 53.7 Å². The van der Waals surface area contributed by atoms with E-state index in [-0.39, 0.29) is 53.4 Å². The van der Waals surface area contributed by atoms with Crippen molar-refractivity contribution in [2.75, 3.05) is 12.9 Å². The zero-order valence-corrected chi connectivity index (χ0v) is 24.9. The number of carbonyl (C=O) groups is 2. The zero-order chi connectivity index (χ0) is 26.6. The standard InChI is InChI=1S/C29H23ClN2O5S.Na/c1-38-21-9-4-17(5-10-21)25-11-6-19(31-32-25)14-26(33)18-2-7-20(8-3-18)37-28-16-27-23(15-24(28)30)22(29(34)35)12-13-36-27;/h2-11,15-16,22H,12-14H2,1H3,(H,34,35);/q;+1/p-1. The normalized spacial score (nSPS) is 13.9. The Morgan fingerprint density at radius 3 is 2.44 bits per heavy atom. The van der Waals surface area contributed by atoms with Gasteiger partial charge in [-0.1, -0.05) is 23.7 Å². The summed E-state index contributed by atoms with van der Waals surface area (Å²) in [6.45, 7) is 0.266. The molecule has 1 aliphatic rings. The largest absolute Gasteiger partial charge is 1.00 e. The minimum absolute atomic E-state index is 0. The number of ether oxygens (including phenoxy) is 2. The summed E-state index contributed by atoms with van der Waals surface area (Å²) < 4.78 is 11.5. The average molecular weight is 569 g/mol. The molecule has 10 heteroatoms. The predicted octanol–water partition coefficient (Wildman–Crippen LogP) is 2.36. The van der Waals surface area contributed by atoms with Crippen LogP contribution in [0.4, 0.5) is 0 Å². The van der Waals surface area contributed by atoms with Gasteiger partial charge in [-0.2, -0.15) is 10.2 Å². The third kappa shape index (κ3) is 6.83. The molecule has 7 nitrogen and oxygen atoms in total. The first-order valence-electron chi connectivity index (χ1n) is 11.9. The fourth-order valence-corrected chi connectivity index (χ4v) is 4.80. The van der Waals surface area contributed by atoms with Crippen molar-refractivity contribution in [2.24, 2.45) is 0 Å². The Balaban J connectivity index is 0.00000353. The molecule has 5 rings (SSSR count). The molecule has 1 unspecified atom stereocenters. The van der Waals surface area contributed by atoms with Crippen LogP contribution in [0, 0.1) is 0 Å². The minimum atomic E-state index is -1.16. The maximum Gasteiger partial charge on any atom is 1.00 e. The van der Waals surface area contributed by atoms with Crippen molar-refractivity contribution in [3.05, 3.63) is 94.6 Å². The maximum absolute atomic E-state index is 12.8. The number of carboxylic acids is 1. The average Bonchev–Trinajstić information content (AvgIpc) is 2.94. The van der Waals surface area contributed by atoms with Gasteiger partial charge in [-0.05, 0) is 67.3 Å². The number of carbonyl (C=O) groups excluding carboxylic acids is 2. The van der Waals surface area contributed by atoms with Crippen LogP contribution < -0.4 is 44.1 Å². The van der Waals surface area contributed by atoms with E-state index >= 15 is 0 Å². The molecule has 0 fully saturated rings. The Hall–Kier alpha value is -2.88. The zero-order valence-electron chi connectivity index (χ0n) is 21.3. The molecule has 192 valence electrons. The second-order valence-electron chi connectivity index (χ2n) is 8.69. The van der Waals surface area contributed by atoms with Crippen molar-refractivity contribution in [2.45, 2.75) is 23.7 Å². The molecular formula is C29H22ClN2NaO5S. The summed E-state index contributed by atoms with van der Waals surface area (Å²) >= 11 is 8.03. The molecule has 1 aliphatic heterocycles. The van der Waals surface area contributed by atoms with Gasteiger partial charge in [-0.25, -0.2) is 0 Å². The fraction of sp³-hybridized carbons (Fsp3) is 0.172. The molecule has 0 saturated carbocycles. The number of benzene rings is 3. The number of carboxylic acid groups (broad SMARTS) is 1. The van der Waals surface area contributed by atoms with Crippen LogP contribution in [0.1, 0.15) is 34.0 Å². The second-order valence-corrected chi connectivity index (χ2v) is 9.98.